The van der Waals surface area contributed by atoms with Crippen LogP contribution in [0.1, 0.15) is 39.0 Å². The lowest BCUT2D eigenvalue weighted by Crippen LogP contribution is -1.91. The molecule has 0 rings (SSSR count). The Hall–Kier alpha value is -1.05. The molecule has 0 aliphatic carbocycles. The Kier molecular flexibility index (Phi) is 8.31. The van der Waals surface area contributed by atoms with Crippen LogP contribution in [-0.4, -0.2) is 11.1 Å². The van der Waals surface area contributed by atoms with E-state index in [-0.39, 0.29) is 6.42 Å². The van der Waals surface area contributed by atoms with E-state index in [0.717, 1.165) is 19.3 Å². The first kappa shape index (κ1) is 11.9. The van der Waals surface area contributed by atoms with Crippen molar-refractivity contribution in [1.29, 1.82) is 0 Å². The number of carboxylic acid groups (broad SMARTS) is 1. The molecule has 0 aromatic rings. The molecule has 1 N–H and O–H groups in total. The second-order valence-corrected chi connectivity index (χ2v) is 2.86. The molecule has 0 saturated carbocycles. The fraction of sp³-hybridized carbons (Fsp3) is 0.545. The van der Waals surface area contributed by atoms with Gasteiger partial charge in [0.05, 0.1) is 0 Å². The predicted molar refractivity (Wildman–Crippen MR) is 54.7 cm³/mol. The maximum absolute atomic E-state index is 10.1. The van der Waals surface area contributed by atoms with Gasteiger partial charge in [-0.15, -0.1) is 0 Å². The van der Waals surface area contributed by atoms with Gasteiger partial charge in [0.25, 0.3) is 0 Å². The monoisotopic (exact) mass is 182 g/mol. The fourth-order valence-corrected chi connectivity index (χ4v) is 0.919. The molecule has 74 valence electrons. The van der Waals surface area contributed by atoms with Crippen LogP contribution in [0.5, 0.6) is 0 Å². The average molecular weight is 182 g/mol. The molecule has 0 aromatic carbocycles. The highest BCUT2D eigenvalue weighted by Gasteiger charge is 1.90. The van der Waals surface area contributed by atoms with Gasteiger partial charge in [0.2, 0.25) is 0 Å². The molecule has 0 heterocycles. The summed E-state index contributed by atoms with van der Waals surface area (Å²) in [7, 11) is 0. The van der Waals surface area contributed by atoms with Gasteiger partial charge in [0.15, 0.2) is 0 Å². The zero-order chi connectivity index (χ0) is 9.94. The molecule has 0 aromatic heterocycles. The van der Waals surface area contributed by atoms with Crippen molar-refractivity contribution in [1.82, 2.24) is 0 Å². The Morgan fingerprint density at radius 2 is 1.62 bits per heavy atom. The second-order valence-electron chi connectivity index (χ2n) is 2.86. The SMILES string of the molecule is CCC=CCC/C=C/CCC(=O)O. The summed E-state index contributed by atoms with van der Waals surface area (Å²) in [4.78, 5) is 10.1. The first-order valence-corrected chi connectivity index (χ1v) is 4.79. The molecule has 2 nitrogen and oxygen atoms in total. The van der Waals surface area contributed by atoms with E-state index < -0.39 is 5.97 Å². The predicted octanol–water partition coefficient (Wildman–Crippen LogP) is 3.15. The van der Waals surface area contributed by atoms with E-state index >= 15 is 0 Å². The number of rotatable bonds is 7. The maximum Gasteiger partial charge on any atom is 0.303 e. The van der Waals surface area contributed by atoms with Crippen LogP contribution in [0.4, 0.5) is 0 Å². The molecule has 0 spiro atoms. The maximum atomic E-state index is 10.1. The van der Waals surface area contributed by atoms with Crippen molar-refractivity contribution in [3.05, 3.63) is 24.3 Å². The lowest BCUT2D eigenvalue weighted by molar-refractivity contribution is -0.136. The van der Waals surface area contributed by atoms with Gasteiger partial charge >= 0.3 is 5.97 Å². The van der Waals surface area contributed by atoms with Gasteiger partial charge in [-0.05, 0) is 25.7 Å². The van der Waals surface area contributed by atoms with Crippen LogP contribution in [0, 0.1) is 0 Å². The first-order chi connectivity index (χ1) is 6.27. The number of unbranched alkanes of at least 4 members (excludes halogenated alkanes) is 1. The summed E-state index contributed by atoms with van der Waals surface area (Å²) in [5.74, 6) is -0.726. The second kappa shape index (κ2) is 9.04. The van der Waals surface area contributed by atoms with E-state index in [1.54, 1.807) is 0 Å². The molecule has 0 saturated heterocycles. The summed E-state index contributed by atoms with van der Waals surface area (Å²) in [5, 5.41) is 8.34. The lowest BCUT2D eigenvalue weighted by Gasteiger charge is -1.88. The summed E-state index contributed by atoms with van der Waals surface area (Å²) in [6.07, 6.45) is 12.3. The number of aliphatic carboxylic acids is 1. The van der Waals surface area contributed by atoms with Crippen molar-refractivity contribution in [2.24, 2.45) is 0 Å². The van der Waals surface area contributed by atoms with Gasteiger partial charge in [-0.2, -0.15) is 0 Å². The van der Waals surface area contributed by atoms with E-state index in [9.17, 15) is 4.79 Å². The summed E-state index contributed by atoms with van der Waals surface area (Å²) in [6, 6.07) is 0. The van der Waals surface area contributed by atoms with Gasteiger partial charge in [-0.3, -0.25) is 4.79 Å². The van der Waals surface area contributed by atoms with Crippen molar-refractivity contribution >= 4 is 5.97 Å². The summed E-state index contributed by atoms with van der Waals surface area (Å²) < 4.78 is 0. The minimum absolute atomic E-state index is 0.237. The summed E-state index contributed by atoms with van der Waals surface area (Å²) in [6.45, 7) is 2.11. The Bertz CT molecular complexity index is 181. The van der Waals surface area contributed by atoms with E-state index in [1.807, 2.05) is 12.2 Å². The van der Waals surface area contributed by atoms with Crippen molar-refractivity contribution in [3.8, 4) is 0 Å². The zero-order valence-electron chi connectivity index (χ0n) is 8.20. The van der Waals surface area contributed by atoms with Crippen LogP contribution < -0.4 is 0 Å². The normalized spacial score (nSPS) is 11.5. The van der Waals surface area contributed by atoms with Crippen molar-refractivity contribution in [3.63, 3.8) is 0 Å². The highest BCUT2D eigenvalue weighted by atomic mass is 16.4. The van der Waals surface area contributed by atoms with Crippen molar-refractivity contribution in [2.75, 3.05) is 0 Å². The van der Waals surface area contributed by atoms with Crippen LogP contribution in [0.2, 0.25) is 0 Å². The van der Waals surface area contributed by atoms with Gasteiger partial charge in [-0.1, -0.05) is 31.2 Å². The molecule has 2 heteroatoms. The Morgan fingerprint density at radius 1 is 1.08 bits per heavy atom. The largest absolute Gasteiger partial charge is 0.481 e. The smallest absolute Gasteiger partial charge is 0.303 e. The molecular weight excluding hydrogens is 164 g/mol. The molecular formula is C11H18O2. The standard InChI is InChI=1S/C11H18O2/c1-2-3-4-5-6-7-8-9-10-11(12)13/h3-4,7-8H,2,5-6,9-10H2,1H3,(H,12,13)/b4-3?,8-7+. The summed E-state index contributed by atoms with van der Waals surface area (Å²) >= 11 is 0. The average Bonchev–Trinajstić information content (AvgIpc) is 2.09. The van der Waals surface area contributed by atoms with Gasteiger partial charge in [0, 0.05) is 6.42 Å². The minimum atomic E-state index is -0.726. The molecule has 0 bridgehead atoms. The number of carbonyl (C=O) groups is 1. The minimum Gasteiger partial charge on any atom is -0.481 e. The van der Waals surface area contributed by atoms with Crippen molar-refractivity contribution < 1.29 is 9.90 Å². The van der Waals surface area contributed by atoms with Gasteiger partial charge in [0.1, 0.15) is 0 Å². The molecule has 0 aliphatic heterocycles. The third-order valence-electron chi connectivity index (χ3n) is 1.59. The van der Waals surface area contributed by atoms with Crippen LogP contribution in [-0.2, 0) is 4.79 Å². The highest BCUT2D eigenvalue weighted by Crippen LogP contribution is 1.97. The van der Waals surface area contributed by atoms with Gasteiger partial charge in [-0.25, -0.2) is 0 Å². The molecule has 0 radical (unpaired) electrons. The van der Waals surface area contributed by atoms with Gasteiger partial charge < -0.3 is 5.11 Å². The fourth-order valence-electron chi connectivity index (χ4n) is 0.919. The van der Waals surface area contributed by atoms with Crippen LogP contribution in [0.15, 0.2) is 24.3 Å². The molecule has 0 amide bonds. The summed E-state index contributed by atoms with van der Waals surface area (Å²) in [5.41, 5.74) is 0. The van der Waals surface area contributed by atoms with Crippen LogP contribution >= 0.6 is 0 Å². The van der Waals surface area contributed by atoms with E-state index in [2.05, 4.69) is 19.1 Å². The third kappa shape index (κ3) is 10.9. The first-order valence-electron chi connectivity index (χ1n) is 4.79. The molecule has 0 aliphatic rings. The number of hydrogen-bond donors (Lipinski definition) is 1. The van der Waals surface area contributed by atoms with E-state index in [4.69, 9.17) is 5.11 Å². The number of hydrogen-bond acceptors (Lipinski definition) is 1. The Morgan fingerprint density at radius 3 is 2.15 bits per heavy atom. The van der Waals surface area contributed by atoms with E-state index in [1.165, 1.54) is 0 Å². The molecule has 0 atom stereocenters. The zero-order valence-corrected chi connectivity index (χ0v) is 8.20. The number of allylic oxidation sites excluding steroid dienone is 4. The van der Waals surface area contributed by atoms with Crippen molar-refractivity contribution in [2.45, 2.75) is 39.0 Å². The molecule has 13 heavy (non-hydrogen) atoms. The quantitative estimate of drug-likeness (QED) is 0.485. The Labute approximate surface area is 80.0 Å². The van der Waals surface area contributed by atoms with Crippen LogP contribution in [0.3, 0.4) is 0 Å². The highest BCUT2D eigenvalue weighted by molar-refractivity contribution is 5.66. The molecule has 0 unspecified atom stereocenters. The molecule has 0 fully saturated rings. The number of carboxylic acids is 1. The lowest BCUT2D eigenvalue weighted by atomic mass is 10.2. The Balaban J connectivity index is 3.22. The van der Waals surface area contributed by atoms with Crippen LogP contribution in [0.25, 0.3) is 0 Å². The topological polar surface area (TPSA) is 37.3 Å². The van der Waals surface area contributed by atoms with E-state index in [0.29, 0.717) is 6.42 Å². The third-order valence-corrected chi connectivity index (χ3v) is 1.59.